The van der Waals surface area contributed by atoms with Crippen molar-refractivity contribution in [2.24, 2.45) is 0 Å². The summed E-state index contributed by atoms with van der Waals surface area (Å²) < 4.78 is 13.5. The fourth-order valence-corrected chi connectivity index (χ4v) is 2.16. The van der Waals surface area contributed by atoms with Gasteiger partial charge in [-0.15, -0.1) is 0 Å². The molecule has 0 atom stereocenters. The molecule has 7 nitrogen and oxygen atoms in total. The molecule has 24 heavy (non-hydrogen) atoms. The molecule has 1 amide bonds. The Hall–Kier alpha value is -3.16. The van der Waals surface area contributed by atoms with Crippen LogP contribution >= 0.6 is 0 Å². The van der Waals surface area contributed by atoms with E-state index in [1.54, 1.807) is 24.5 Å². The van der Waals surface area contributed by atoms with E-state index in [-0.39, 0.29) is 5.56 Å². The van der Waals surface area contributed by atoms with Gasteiger partial charge in [-0.1, -0.05) is 12.1 Å². The molecule has 0 spiro atoms. The number of hydrogen-bond acceptors (Lipinski definition) is 6. The highest BCUT2D eigenvalue weighted by molar-refractivity contribution is 5.94. The molecule has 1 aromatic carbocycles. The maximum absolute atomic E-state index is 13.5. The van der Waals surface area contributed by atoms with Crippen LogP contribution in [-0.2, 0) is 0 Å². The summed E-state index contributed by atoms with van der Waals surface area (Å²) >= 11 is 0. The average molecular weight is 326 g/mol. The predicted molar refractivity (Wildman–Crippen MR) is 87.0 cm³/mol. The zero-order valence-corrected chi connectivity index (χ0v) is 12.7. The number of nitrogens with one attached hydrogen (secondary N) is 2. The lowest BCUT2D eigenvalue weighted by atomic mass is 10.2. The second-order valence-corrected chi connectivity index (χ2v) is 4.97. The number of aromatic nitrogens is 4. The van der Waals surface area contributed by atoms with Gasteiger partial charge >= 0.3 is 0 Å². The van der Waals surface area contributed by atoms with Crippen LogP contribution in [0.2, 0.25) is 0 Å². The van der Waals surface area contributed by atoms with Crippen LogP contribution in [-0.4, -0.2) is 38.9 Å². The topological polar surface area (TPSA) is 92.7 Å². The summed E-state index contributed by atoms with van der Waals surface area (Å²) in [6.07, 6.45) is 5.20. The largest absolute Gasteiger partial charge is 0.368 e. The standard InChI is InChI=1S/C16H15FN6O/c17-12-5-2-1-4-11(12)16(24)21-7-3-6-19-14-13-15(23-10-22-14)20-9-8-18-13/h1-2,4-5,8-10H,3,6-7H2,(H,21,24)(H,19,20,22,23). The minimum atomic E-state index is -0.529. The molecule has 0 fully saturated rings. The van der Waals surface area contributed by atoms with Gasteiger partial charge in [0, 0.05) is 25.5 Å². The number of rotatable bonds is 6. The summed E-state index contributed by atoms with van der Waals surface area (Å²) in [5, 5.41) is 5.82. The summed E-state index contributed by atoms with van der Waals surface area (Å²) in [6.45, 7) is 0.981. The number of fused-ring (bicyclic) bond motifs is 1. The Bertz CT molecular complexity index is 851. The first-order valence-electron chi connectivity index (χ1n) is 7.44. The summed E-state index contributed by atoms with van der Waals surface area (Å²) in [7, 11) is 0. The maximum atomic E-state index is 13.5. The van der Waals surface area contributed by atoms with E-state index in [9.17, 15) is 9.18 Å². The summed E-state index contributed by atoms with van der Waals surface area (Å²) in [5.41, 5.74) is 1.15. The molecule has 0 aliphatic carbocycles. The number of nitrogens with zero attached hydrogens (tertiary/aromatic N) is 4. The third kappa shape index (κ3) is 3.60. The fraction of sp³-hybridized carbons (Fsp3) is 0.188. The molecule has 2 aromatic heterocycles. The fourth-order valence-electron chi connectivity index (χ4n) is 2.16. The van der Waals surface area contributed by atoms with E-state index >= 15 is 0 Å². The molecule has 0 saturated carbocycles. The SMILES string of the molecule is O=C(NCCCNc1ncnc2nccnc12)c1ccccc1F. The quantitative estimate of drug-likeness (QED) is 0.671. The van der Waals surface area contributed by atoms with Gasteiger partial charge in [0.2, 0.25) is 0 Å². The number of anilines is 1. The first-order chi connectivity index (χ1) is 11.8. The van der Waals surface area contributed by atoms with Crippen molar-refractivity contribution in [3.63, 3.8) is 0 Å². The molecule has 0 unspecified atom stereocenters. The van der Waals surface area contributed by atoms with Gasteiger partial charge in [0.25, 0.3) is 5.91 Å². The molecule has 3 aromatic rings. The van der Waals surface area contributed by atoms with E-state index in [0.717, 1.165) is 0 Å². The highest BCUT2D eigenvalue weighted by atomic mass is 19.1. The molecular formula is C16H15FN6O. The van der Waals surface area contributed by atoms with Gasteiger partial charge in [-0.2, -0.15) is 0 Å². The van der Waals surface area contributed by atoms with Crippen molar-refractivity contribution in [1.29, 1.82) is 0 Å². The molecule has 2 heterocycles. The molecule has 8 heteroatoms. The Balaban J connectivity index is 1.49. The smallest absolute Gasteiger partial charge is 0.254 e. The van der Waals surface area contributed by atoms with Gasteiger partial charge in [-0.25, -0.2) is 24.3 Å². The minimum Gasteiger partial charge on any atom is -0.368 e. The van der Waals surface area contributed by atoms with E-state index in [2.05, 4.69) is 30.6 Å². The lowest BCUT2D eigenvalue weighted by Crippen LogP contribution is -2.26. The summed E-state index contributed by atoms with van der Waals surface area (Å²) in [6, 6.07) is 5.89. The van der Waals surface area contributed by atoms with Gasteiger partial charge in [0.05, 0.1) is 5.56 Å². The Morgan fingerprint density at radius 2 is 1.88 bits per heavy atom. The van der Waals surface area contributed by atoms with E-state index in [1.807, 2.05) is 0 Å². The Labute approximate surface area is 137 Å². The second kappa shape index (κ2) is 7.40. The monoisotopic (exact) mass is 326 g/mol. The predicted octanol–water partition coefficient (Wildman–Crippen LogP) is 1.79. The molecule has 0 bridgehead atoms. The van der Waals surface area contributed by atoms with Gasteiger partial charge in [-0.3, -0.25) is 4.79 Å². The first kappa shape index (κ1) is 15.7. The van der Waals surface area contributed by atoms with E-state index in [1.165, 1.54) is 18.5 Å². The Kier molecular flexibility index (Phi) is 4.85. The minimum absolute atomic E-state index is 0.0440. The van der Waals surface area contributed by atoms with Gasteiger partial charge in [0.1, 0.15) is 17.7 Å². The zero-order valence-electron chi connectivity index (χ0n) is 12.7. The van der Waals surface area contributed by atoms with E-state index in [4.69, 9.17) is 0 Å². The van der Waals surface area contributed by atoms with Crippen molar-refractivity contribution in [3.05, 3.63) is 54.4 Å². The third-order valence-electron chi connectivity index (χ3n) is 3.32. The lowest BCUT2D eigenvalue weighted by Gasteiger charge is -2.08. The lowest BCUT2D eigenvalue weighted by molar-refractivity contribution is 0.0949. The number of carbonyl (C=O) groups is 1. The van der Waals surface area contributed by atoms with Gasteiger partial charge in [-0.05, 0) is 18.6 Å². The van der Waals surface area contributed by atoms with Crippen LogP contribution in [0.3, 0.4) is 0 Å². The average Bonchev–Trinajstić information content (AvgIpc) is 2.62. The van der Waals surface area contributed by atoms with Crippen LogP contribution in [0.15, 0.2) is 43.0 Å². The van der Waals surface area contributed by atoms with Crippen molar-refractivity contribution >= 4 is 22.9 Å². The maximum Gasteiger partial charge on any atom is 0.254 e. The van der Waals surface area contributed by atoms with Gasteiger partial charge < -0.3 is 10.6 Å². The molecule has 122 valence electrons. The third-order valence-corrected chi connectivity index (χ3v) is 3.32. The Morgan fingerprint density at radius 1 is 1.04 bits per heavy atom. The first-order valence-corrected chi connectivity index (χ1v) is 7.44. The molecule has 2 N–H and O–H groups in total. The molecule has 0 radical (unpaired) electrons. The van der Waals surface area contributed by atoms with Crippen LogP contribution in [0.5, 0.6) is 0 Å². The second-order valence-electron chi connectivity index (χ2n) is 4.97. The van der Waals surface area contributed by atoms with Crippen LogP contribution in [0, 0.1) is 5.82 Å². The molecule has 0 aliphatic rings. The van der Waals surface area contributed by atoms with E-state index in [0.29, 0.717) is 36.5 Å². The number of hydrogen-bond donors (Lipinski definition) is 2. The highest BCUT2D eigenvalue weighted by Crippen LogP contribution is 2.13. The Morgan fingerprint density at radius 3 is 2.75 bits per heavy atom. The molecule has 0 aliphatic heterocycles. The van der Waals surface area contributed by atoms with Crippen molar-refractivity contribution < 1.29 is 9.18 Å². The number of benzene rings is 1. The van der Waals surface area contributed by atoms with Crippen molar-refractivity contribution in [2.75, 3.05) is 18.4 Å². The highest BCUT2D eigenvalue weighted by Gasteiger charge is 2.09. The van der Waals surface area contributed by atoms with Crippen molar-refractivity contribution in [2.45, 2.75) is 6.42 Å². The van der Waals surface area contributed by atoms with Crippen molar-refractivity contribution in [1.82, 2.24) is 25.3 Å². The zero-order chi connectivity index (χ0) is 16.8. The van der Waals surface area contributed by atoms with Crippen molar-refractivity contribution in [3.8, 4) is 0 Å². The van der Waals surface area contributed by atoms with Crippen LogP contribution in [0.4, 0.5) is 10.2 Å². The number of amides is 1. The van der Waals surface area contributed by atoms with E-state index < -0.39 is 11.7 Å². The van der Waals surface area contributed by atoms with Gasteiger partial charge in [0.15, 0.2) is 11.5 Å². The van der Waals surface area contributed by atoms with Crippen LogP contribution < -0.4 is 10.6 Å². The normalized spacial score (nSPS) is 10.5. The summed E-state index contributed by atoms with van der Waals surface area (Å²) in [5.74, 6) is -0.362. The molecular weight excluding hydrogens is 311 g/mol. The molecule has 0 saturated heterocycles. The number of carbonyl (C=O) groups excluding carboxylic acids is 1. The molecule has 3 rings (SSSR count). The van der Waals surface area contributed by atoms with Crippen LogP contribution in [0.1, 0.15) is 16.8 Å². The number of halogens is 1. The summed E-state index contributed by atoms with van der Waals surface area (Å²) in [4.78, 5) is 28.3. The van der Waals surface area contributed by atoms with Crippen LogP contribution in [0.25, 0.3) is 11.2 Å².